The van der Waals surface area contributed by atoms with Gasteiger partial charge in [-0.1, -0.05) is 0 Å². The molecule has 0 aliphatic carbocycles. The van der Waals surface area contributed by atoms with Gasteiger partial charge in [0.2, 0.25) is 10.0 Å². The maximum Gasteiger partial charge on any atom is 0.269 e. The van der Waals surface area contributed by atoms with E-state index in [0.717, 1.165) is 28.6 Å². The number of hydrogen-bond acceptors (Lipinski definition) is 7. The van der Waals surface area contributed by atoms with E-state index in [1.54, 1.807) is 0 Å². The highest BCUT2D eigenvalue weighted by atomic mass is 32.2. The van der Waals surface area contributed by atoms with Gasteiger partial charge in [0.05, 0.1) is 22.5 Å². The lowest BCUT2D eigenvalue weighted by Crippen LogP contribution is -2.41. The molecule has 0 aromatic heterocycles. The minimum atomic E-state index is -3.95. The summed E-state index contributed by atoms with van der Waals surface area (Å²) in [6.45, 7) is -0.912. The maximum atomic E-state index is 12.4. The predicted molar refractivity (Wildman–Crippen MR) is 74.0 cm³/mol. The summed E-state index contributed by atoms with van der Waals surface area (Å²) in [5, 5.41) is 28.8. The zero-order valence-electron chi connectivity index (χ0n) is 11.1. The smallest absolute Gasteiger partial charge is 0.269 e. The Morgan fingerprint density at radius 3 is 2.33 bits per heavy atom. The predicted octanol–water partition coefficient (Wildman–Crippen LogP) is -1.10. The van der Waals surface area contributed by atoms with Gasteiger partial charge < -0.3 is 15.9 Å². The second-order valence-corrected chi connectivity index (χ2v) is 6.18. The molecule has 0 bridgehead atoms. The van der Waals surface area contributed by atoms with E-state index in [2.05, 4.69) is 0 Å². The number of nitrogens with zero attached hydrogens (tertiary/aromatic N) is 2. The van der Waals surface area contributed by atoms with E-state index < -0.39 is 27.7 Å². The summed E-state index contributed by atoms with van der Waals surface area (Å²) in [7, 11) is -3.95. The first-order chi connectivity index (χ1) is 9.82. The van der Waals surface area contributed by atoms with E-state index in [0.29, 0.717) is 0 Å². The third kappa shape index (κ3) is 4.44. The second kappa shape index (κ2) is 7.43. The molecular weight excluding hydrogens is 302 g/mol. The monoisotopic (exact) mass is 319 g/mol. The summed E-state index contributed by atoms with van der Waals surface area (Å²) in [5.74, 6) is 0. The minimum absolute atomic E-state index is 0.0321. The first-order valence-corrected chi connectivity index (χ1v) is 7.50. The topological polar surface area (TPSA) is 147 Å². The Morgan fingerprint density at radius 1 is 1.33 bits per heavy atom. The molecule has 21 heavy (non-hydrogen) atoms. The van der Waals surface area contributed by atoms with Crippen molar-refractivity contribution in [1.82, 2.24) is 4.31 Å². The number of rotatable bonds is 8. The molecule has 0 saturated carbocycles. The van der Waals surface area contributed by atoms with Crippen LogP contribution >= 0.6 is 0 Å². The van der Waals surface area contributed by atoms with Gasteiger partial charge in [0.15, 0.2) is 0 Å². The highest BCUT2D eigenvalue weighted by molar-refractivity contribution is 7.89. The number of benzene rings is 1. The number of hydrogen-bond donors (Lipinski definition) is 3. The molecule has 0 heterocycles. The fourth-order valence-corrected chi connectivity index (χ4v) is 3.13. The SMILES string of the molecule is NCCN(CC(O)CO)S(=O)(=O)c1ccc([N+](=O)[O-])cc1. The van der Waals surface area contributed by atoms with Crippen LogP contribution in [0.5, 0.6) is 0 Å². The summed E-state index contributed by atoms with van der Waals surface area (Å²) in [5.41, 5.74) is 5.12. The van der Waals surface area contributed by atoms with E-state index in [-0.39, 0.29) is 30.2 Å². The van der Waals surface area contributed by atoms with Gasteiger partial charge in [-0.2, -0.15) is 4.31 Å². The molecule has 9 nitrogen and oxygen atoms in total. The van der Waals surface area contributed by atoms with Crippen LogP contribution in [0.15, 0.2) is 29.2 Å². The van der Waals surface area contributed by atoms with Crippen molar-refractivity contribution in [3.63, 3.8) is 0 Å². The number of non-ortho nitro benzene ring substituents is 1. The van der Waals surface area contributed by atoms with Gasteiger partial charge in [0, 0.05) is 31.8 Å². The molecule has 0 saturated heterocycles. The van der Waals surface area contributed by atoms with Crippen LogP contribution in [0.3, 0.4) is 0 Å². The highest BCUT2D eigenvalue weighted by Crippen LogP contribution is 2.19. The Hall–Kier alpha value is -1.59. The van der Waals surface area contributed by atoms with Crippen LogP contribution in [-0.4, -0.2) is 60.2 Å². The van der Waals surface area contributed by atoms with Crippen LogP contribution in [-0.2, 0) is 10.0 Å². The molecule has 0 fully saturated rings. The first kappa shape index (κ1) is 17.5. The van der Waals surface area contributed by atoms with Crippen LogP contribution in [0.25, 0.3) is 0 Å². The van der Waals surface area contributed by atoms with Crippen molar-refractivity contribution in [2.24, 2.45) is 5.73 Å². The molecule has 0 aliphatic rings. The van der Waals surface area contributed by atoms with Crippen molar-refractivity contribution in [2.75, 3.05) is 26.2 Å². The molecule has 1 aromatic rings. The molecule has 0 spiro atoms. The zero-order chi connectivity index (χ0) is 16.0. The molecule has 0 amide bonds. The van der Waals surface area contributed by atoms with Crippen molar-refractivity contribution in [3.8, 4) is 0 Å². The summed E-state index contributed by atoms with van der Waals surface area (Å²) in [6.07, 6.45) is -1.23. The molecule has 1 aromatic carbocycles. The Kier molecular flexibility index (Phi) is 6.18. The Bertz CT molecular complexity index is 574. The van der Waals surface area contributed by atoms with E-state index >= 15 is 0 Å². The Balaban J connectivity index is 3.07. The van der Waals surface area contributed by atoms with E-state index in [9.17, 15) is 23.6 Å². The zero-order valence-corrected chi connectivity index (χ0v) is 11.9. The normalized spacial score (nSPS) is 13.3. The summed E-state index contributed by atoms with van der Waals surface area (Å²) in [6, 6.07) is 4.39. The summed E-state index contributed by atoms with van der Waals surface area (Å²) in [4.78, 5) is 9.77. The number of sulfonamides is 1. The third-order valence-corrected chi connectivity index (χ3v) is 4.57. The molecule has 0 aliphatic heterocycles. The molecule has 1 unspecified atom stereocenters. The number of nitrogens with two attached hydrogens (primary N) is 1. The Morgan fingerprint density at radius 2 is 1.90 bits per heavy atom. The lowest BCUT2D eigenvalue weighted by Gasteiger charge is -2.23. The van der Waals surface area contributed by atoms with Gasteiger partial charge >= 0.3 is 0 Å². The number of aliphatic hydroxyl groups excluding tert-OH is 2. The second-order valence-electron chi connectivity index (χ2n) is 4.24. The number of nitro groups is 1. The number of aliphatic hydroxyl groups is 2. The average Bonchev–Trinajstić information content (AvgIpc) is 2.46. The van der Waals surface area contributed by atoms with E-state index in [1.165, 1.54) is 0 Å². The summed E-state index contributed by atoms with van der Waals surface area (Å²) >= 11 is 0. The van der Waals surface area contributed by atoms with Crippen molar-refractivity contribution < 1.29 is 23.6 Å². The summed E-state index contributed by atoms with van der Waals surface area (Å²) < 4.78 is 25.7. The fourth-order valence-electron chi connectivity index (χ4n) is 1.64. The molecule has 118 valence electrons. The van der Waals surface area contributed by atoms with Crippen LogP contribution < -0.4 is 5.73 Å². The van der Waals surface area contributed by atoms with Gasteiger partial charge in [0.1, 0.15) is 0 Å². The minimum Gasteiger partial charge on any atom is -0.394 e. The first-order valence-electron chi connectivity index (χ1n) is 6.06. The van der Waals surface area contributed by atoms with Crippen molar-refractivity contribution in [1.29, 1.82) is 0 Å². The third-order valence-electron chi connectivity index (χ3n) is 2.69. The molecule has 4 N–H and O–H groups in total. The van der Waals surface area contributed by atoms with Gasteiger partial charge in [-0.25, -0.2) is 8.42 Å². The van der Waals surface area contributed by atoms with Gasteiger partial charge in [-0.15, -0.1) is 0 Å². The van der Waals surface area contributed by atoms with Gasteiger partial charge in [-0.05, 0) is 12.1 Å². The van der Waals surface area contributed by atoms with Crippen LogP contribution in [0.2, 0.25) is 0 Å². The van der Waals surface area contributed by atoms with Gasteiger partial charge in [0.25, 0.3) is 5.69 Å². The lowest BCUT2D eigenvalue weighted by atomic mass is 10.3. The Labute approximate surface area is 121 Å². The van der Waals surface area contributed by atoms with Gasteiger partial charge in [-0.3, -0.25) is 10.1 Å². The van der Waals surface area contributed by atoms with Crippen molar-refractivity contribution in [2.45, 2.75) is 11.0 Å². The quantitative estimate of drug-likeness (QED) is 0.407. The van der Waals surface area contributed by atoms with Crippen LogP contribution in [0, 0.1) is 10.1 Å². The maximum absolute atomic E-state index is 12.4. The fraction of sp³-hybridized carbons (Fsp3) is 0.455. The van der Waals surface area contributed by atoms with Crippen molar-refractivity contribution in [3.05, 3.63) is 34.4 Å². The lowest BCUT2D eigenvalue weighted by molar-refractivity contribution is -0.384. The molecule has 1 rings (SSSR count). The number of nitro benzene ring substituents is 1. The largest absolute Gasteiger partial charge is 0.394 e. The standard InChI is InChI=1S/C11H17N3O6S/c12-5-6-13(7-10(16)8-15)21(19,20)11-3-1-9(2-4-11)14(17)18/h1-4,10,15-16H,5-8,12H2. The van der Waals surface area contributed by atoms with Crippen LogP contribution in [0.4, 0.5) is 5.69 Å². The van der Waals surface area contributed by atoms with Crippen LogP contribution in [0.1, 0.15) is 0 Å². The average molecular weight is 319 g/mol. The molecule has 0 radical (unpaired) electrons. The molecule has 10 heteroatoms. The highest BCUT2D eigenvalue weighted by Gasteiger charge is 2.26. The van der Waals surface area contributed by atoms with E-state index in [4.69, 9.17) is 10.8 Å². The van der Waals surface area contributed by atoms with E-state index in [1.807, 2.05) is 0 Å². The molecule has 1 atom stereocenters. The van der Waals surface area contributed by atoms with Crippen molar-refractivity contribution >= 4 is 15.7 Å². The molecular formula is C11H17N3O6S.